The van der Waals surface area contributed by atoms with Crippen LogP contribution in [-0.2, 0) is 19.2 Å². The molecule has 3 amide bonds. The summed E-state index contributed by atoms with van der Waals surface area (Å²) in [6, 6.07) is -1.15. The molecule has 1 aliphatic heterocycles. The smallest absolute Gasteiger partial charge is 0.405 e. The molecule has 1 atom stereocenters. The third-order valence-corrected chi connectivity index (χ3v) is 1.88. The summed E-state index contributed by atoms with van der Waals surface area (Å²) in [7, 11) is 0. The quantitative estimate of drug-likeness (QED) is 0.616. The molecule has 88 valence electrons. The molecule has 0 aromatic heterocycles. The number of hydrogen-bond donors (Lipinski definition) is 2. The maximum absolute atomic E-state index is 11.2. The lowest BCUT2D eigenvalue weighted by Crippen LogP contribution is -2.43. The molecule has 0 spiro atoms. The maximum atomic E-state index is 11.2. The average molecular weight is 230 g/mol. The fraction of sp³-hybridized carbons (Fsp3) is 0.500. The molecule has 1 aliphatic rings. The first-order chi connectivity index (χ1) is 7.41. The van der Waals surface area contributed by atoms with Crippen LogP contribution in [0, 0.1) is 0 Å². The third-order valence-electron chi connectivity index (χ3n) is 1.88. The second-order valence-corrected chi connectivity index (χ2v) is 3.16. The highest BCUT2D eigenvalue weighted by molar-refractivity contribution is 6.01. The van der Waals surface area contributed by atoms with E-state index in [-0.39, 0.29) is 12.8 Å². The molecule has 1 rings (SSSR count). The molecule has 8 nitrogen and oxygen atoms in total. The summed E-state index contributed by atoms with van der Waals surface area (Å²) >= 11 is 0. The van der Waals surface area contributed by atoms with Crippen LogP contribution >= 0.6 is 0 Å². The first-order valence-electron chi connectivity index (χ1n) is 4.49. The van der Waals surface area contributed by atoms with Crippen molar-refractivity contribution in [2.75, 3.05) is 0 Å². The van der Waals surface area contributed by atoms with Gasteiger partial charge in [0.15, 0.2) is 0 Å². The summed E-state index contributed by atoms with van der Waals surface area (Å²) < 4.78 is 0. The van der Waals surface area contributed by atoms with Crippen molar-refractivity contribution in [2.24, 2.45) is 0 Å². The van der Waals surface area contributed by atoms with Gasteiger partial charge in [-0.3, -0.25) is 9.59 Å². The number of carbonyl (C=O) groups is 4. The zero-order chi connectivity index (χ0) is 12.3. The fourth-order valence-electron chi connectivity index (χ4n) is 1.07. The number of carboxylic acid groups (broad SMARTS) is 1. The monoisotopic (exact) mass is 230 g/mol. The van der Waals surface area contributed by atoms with Gasteiger partial charge in [-0.25, -0.2) is 9.59 Å². The Morgan fingerprint density at radius 3 is 2.31 bits per heavy atom. The van der Waals surface area contributed by atoms with E-state index < -0.39 is 29.9 Å². The number of rotatable bonds is 3. The van der Waals surface area contributed by atoms with E-state index in [1.807, 2.05) is 5.32 Å². The number of hydroxylamine groups is 2. The maximum Gasteiger partial charge on any atom is 0.405 e. The molecule has 1 heterocycles. The Morgan fingerprint density at radius 1 is 1.38 bits per heavy atom. The molecule has 16 heavy (non-hydrogen) atoms. The summed E-state index contributed by atoms with van der Waals surface area (Å²) in [6.07, 6.45) is -1.41. The van der Waals surface area contributed by atoms with Crippen molar-refractivity contribution in [3.8, 4) is 0 Å². The van der Waals surface area contributed by atoms with Gasteiger partial charge < -0.3 is 15.3 Å². The van der Waals surface area contributed by atoms with Gasteiger partial charge in [0.25, 0.3) is 11.8 Å². The minimum atomic E-state index is -1.40. The first kappa shape index (κ1) is 12.0. The lowest BCUT2D eigenvalue weighted by Gasteiger charge is -2.15. The molecular formula is C8H10N2O6. The molecule has 2 N–H and O–H groups in total. The van der Waals surface area contributed by atoms with E-state index in [9.17, 15) is 19.2 Å². The van der Waals surface area contributed by atoms with Crippen LogP contribution in [-0.4, -0.2) is 40.1 Å². The zero-order valence-corrected chi connectivity index (χ0v) is 8.43. The highest BCUT2D eigenvalue weighted by Gasteiger charge is 2.34. The van der Waals surface area contributed by atoms with Crippen LogP contribution in [0.15, 0.2) is 0 Å². The Labute approximate surface area is 90.1 Å². The Balaban J connectivity index is 2.53. The van der Waals surface area contributed by atoms with Crippen molar-refractivity contribution < 1.29 is 29.1 Å². The van der Waals surface area contributed by atoms with Crippen LogP contribution in [0.25, 0.3) is 0 Å². The van der Waals surface area contributed by atoms with E-state index in [4.69, 9.17) is 5.11 Å². The van der Waals surface area contributed by atoms with Gasteiger partial charge >= 0.3 is 12.1 Å². The molecular weight excluding hydrogens is 220 g/mol. The lowest BCUT2D eigenvalue weighted by atomic mass is 10.3. The number of amides is 3. The summed E-state index contributed by atoms with van der Waals surface area (Å²) in [4.78, 5) is 48.0. The van der Waals surface area contributed by atoms with E-state index in [0.717, 1.165) is 0 Å². The van der Waals surface area contributed by atoms with E-state index in [0.29, 0.717) is 5.06 Å². The van der Waals surface area contributed by atoms with E-state index in [1.165, 1.54) is 6.92 Å². The molecule has 8 heteroatoms. The highest BCUT2D eigenvalue weighted by atomic mass is 16.7. The second-order valence-electron chi connectivity index (χ2n) is 3.16. The normalized spacial score (nSPS) is 17.2. The third kappa shape index (κ3) is 2.69. The molecule has 1 fully saturated rings. The van der Waals surface area contributed by atoms with E-state index in [1.54, 1.807) is 0 Å². The standard InChI is InChI=1S/C8H10N2O6/c1-4(9-8(14)15)7(13)16-10-5(11)2-3-6(10)12/h4,9H,2-3H2,1H3,(H,14,15)/t4-/m1/s1. The van der Waals surface area contributed by atoms with Gasteiger partial charge in [-0.1, -0.05) is 0 Å². The van der Waals surface area contributed by atoms with Gasteiger partial charge in [-0.15, -0.1) is 5.06 Å². The number of nitrogens with zero attached hydrogens (tertiary/aromatic N) is 1. The Kier molecular flexibility index (Phi) is 3.44. The summed E-state index contributed by atoms with van der Waals surface area (Å²) in [5.41, 5.74) is 0. The van der Waals surface area contributed by atoms with Crippen LogP contribution in [0.1, 0.15) is 19.8 Å². The molecule has 0 aliphatic carbocycles. The summed E-state index contributed by atoms with van der Waals surface area (Å²) in [5.74, 6) is -2.23. The number of carbonyl (C=O) groups excluding carboxylic acids is 3. The number of imide groups is 1. The zero-order valence-electron chi connectivity index (χ0n) is 8.43. The Morgan fingerprint density at radius 2 is 1.88 bits per heavy atom. The van der Waals surface area contributed by atoms with Crippen LogP contribution < -0.4 is 5.32 Å². The van der Waals surface area contributed by atoms with Crippen molar-refractivity contribution in [1.29, 1.82) is 0 Å². The molecule has 0 radical (unpaired) electrons. The minimum Gasteiger partial charge on any atom is -0.465 e. The van der Waals surface area contributed by atoms with Gasteiger partial charge in [0.2, 0.25) is 0 Å². The van der Waals surface area contributed by atoms with E-state index in [2.05, 4.69) is 4.84 Å². The van der Waals surface area contributed by atoms with Gasteiger partial charge in [-0.05, 0) is 6.92 Å². The lowest BCUT2D eigenvalue weighted by molar-refractivity contribution is -0.198. The summed E-state index contributed by atoms with van der Waals surface area (Å²) in [6.45, 7) is 1.24. The van der Waals surface area contributed by atoms with E-state index >= 15 is 0 Å². The van der Waals surface area contributed by atoms with Crippen molar-refractivity contribution in [2.45, 2.75) is 25.8 Å². The van der Waals surface area contributed by atoms with Crippen LogP contribution in [0.4, 0.5) is 4.79 Å². The SMILES string of the molecule is C[C@@H](NC(=O)O)C(=O)ON1C(=O)CCC1=O. The Bertz CT molecular complexity index is 336. The average Bonchev–Trinajstić information content (AvgIpc) is 2.48. The molecule has 0 unspecified atom stereocenters. The number of hydrogen-bond acceptors (Lipinski definition) is 5. The summed E-state index contributed by atoms with van der Waals surface area (Å²) in [5, 5.41) is 10.5. The molecule has 0 saturated carbocycles. The van der Waals surface area contributed by atoms with Crippen molar-refractivity contribution in [3.05, 3.63) is 0 Å². The molecule has 0 aromatic carbocycles. The largest absolute Gasteiger partial charge is 0.465 e. The molecule has 0 bridgehead atoms. The highest BCUT2D eigenvalue weighted by Crippen LogP contribution is 2.12. The molecule has 0 aromatic rings. The number of nitrogens with one attached hydrogen (secondary N) is 1. The van der Waals surface area contributed by atoms with Crippen molar-refractivity contribution in [3.63, 3.8) is 0 Å². The minimum absolute atomic E-state index is 0.00709. The predicted molar refractivity (Wildman–Crippen MR) is 47.8 cm³/mol. The van der Waals surface area contributed by atoms with Crippen LogP contribution in [0.3, 0.4) is 0 Å². The topological polar surface area (TPSA) is 113 Å². The van der Waals surface area contributed by atoms with Gasteiger partial charge in [-0.2, -0.15) is 0 Å². The van der Waals surface area contributed by atoms with Gasteiger partial charge in [0, 0.05) is 12.8 Å². The van der Waals surface area contributed by atoms with Crippen molar-refractivity contribution in [1.82, 2.24) is 10.4 Å². The first-order valence-corrected chi connectivity index (χ1v) is 4.49. The second kappa shape index (κ2) is 4.60. The van der Waals surface area contributed by atoms with Crippen LogP contribution in [0.5, 0.6) is 0 Å². The Hall–Kier alpha value is -2.12. The van der Waals surface area contributed by atoms with Crippen molar-refractivity contribution >= 4 is 23.9 Å². The fourth-order valence-corrected chi connectivity index (χ4v) is 1.07. The van der Waals surface area contributed by atoms with Crippen LogP contribution in [0.2, 0.25) is 0 Å². The van der Waals surface area contributed by atoms with Gasteiger partial charge in [0.05, 0.1) is 0 Å². The van der Waals surface area contributed by atoms with Gasteiger partial charge in [0.1, 0.15) is 6.04 Å². The molecule has 1 saturated heterocycles. The predicted octanol–water partition coefficient (Wildman–Crippen LogP) is -0.750.